The van der Waals surface area contributed by atoms with Crippen molar-refractivity contribution in [3.05, 3.63) is 57.5 Å². The molecule has 0 saturated heterocycles. The second-order valence-corrected chi connectivity index (χ2v) is 4.89. The van der Waals surface area contributed by atoms with Crippen LogP contribution in [0.15, 0.2) is 41.2 Å². The first-order chi connectivity index (χ1) is 9.61. The lowest BCUT2D eigenvalue weighted by molar-refractivity contribution is 0.475. The van der Waals surface area contributed by atoms with Crippen LogP contribution in [0.3, 0.4) is 0 Å². The normalized spacial score (nSPS) is 10.8. The smallest absolute Gasteiger partial charge is 0.323 e. The number of fused-ring (bicyclic) bond motifs is 1. The SMILES string of the molecule is O=c1[nH]c2ccc(NCc3ccc(O)c(Cl)c3)cc2[nH]1. The minimum absolute atomic E-state index is 0.0711. The third-order valence-corrected chi connectivity index (χ3v) is 3.33. The number of phenols is 1. The average Bonchev–Trinajstić information content (AvgIpc) is 2.79. The van der Waals surface area contributed by atoms with Crippen molar-refractivity contribution in [3.8, 4) is 5.75 Å². The van der Waals surface area contributed by atoms with Gasteiger partial charge in [-0.15, -0.1) is 0 Å². The highest BCUT2D eigenvalue weighted by atomic mass is 35.5. The van der Waals surface area contributed by atoms with E-state index in [-0.39, 0.29) is 11.4 Å². The van der Waals surface area contributed by atoms with E-state index in [1.165, 1.54) is 0 Å². The topological polar surface area (TPSA) is 80.9 Å². The van der Waals surface area contributed by atoms with E-state index < -0.39 is 0 Å². The molecule has 6 heteroatoms. The van der Waals surface area contributed by atoms with Crippen LogP contribution in [-0.2, 0) is 6.54 Å². The van der Waals surface area contributed by atoms with Gasteiger partial charge in [-0.1, -0.05) is 17.7 Å². The lowest BCUT2D eigenvalue weighted by Gasteiger charge is -2.07. The third-order valence-electron chi connectivity index (χ3n) is 3.02. The Morgan fingerprint density at radius 3 is 2.70 bits per heavy atom. The van der Waals surface area contributed by atoms with E-state index in [0.29, 0.717) is 11.6 Å². The zero-order valence-electron chi connectivity index (χ0n) is 10.4. The van der Waals surface area contributed by atoms with Gasteiger partial charge in [0.1, 0.15) is 5.75 Å². The number of benzene rings is 2. The Morgan fingerprint density at radius 2 is 1.90 bits per heavy atom. The molecule has 3 aromatic rings. The van der Waals surface area contributed by atoms with Crippen LogP contribution in [0.5, 0.6) is 5.75 Å². The molecule has 0 atom stereocenters. The summed E-state index contributed by atoms with van der Waals surface area (Å²) in [5.74, 6) is 0.0711. The second-order valence-electron chi connectivity index (χ2n) is 4.48. The van der Waals surface area contributed by atoms with E-state index in [0.717, 1.165) is 22.3 Å². The van der Waals surface area contributed by atoms with Crippen LogP contribution < -0.4 is 11.0 Å². The van der Waals surface area contributed by atoms with Crippen molar-refractivity contribution in [1.82, 2.24) is 9.97 Å². The van der Waals surface area contributed by atoms with Crippen LogP contribution in [0.2, 0.25) is 5.02 Å². The number of halogens is 1. The van der Waals surface area contributed by atoms with Gasteiger partial charge < -0.3 is 20.4 Å². The molecule has 0 fully saturated rings. The summed E-state index contributed by atoms with van der Waals surface area (Å²) >= 11 is 5.85. The average molecular weight is 290 g/mol. The number of H-pyrrole nitrogens is 2. The lowest BCUT2D eigenvalue weighted by Crippen LogP contribution is -1.99. The molecule has 5 nitrogen and oxygen atoms in total. The van der Waals surface area contributed by atoms with Gasteiger partial charge in [0.05, 0.1) is 16.1 Å². The van der Waals surface area contributed by atoms with Crippen molar-refractivity contribution in [3.63, 3.8) is 0 Å². The van der Waals surface area contributed by atoms with Gasteiger partial charge in [-0.2, -0.15) is 0 Å². The molecule has 0 unspecified atom stereocenters. The fraction of sp³-hybridized carbons (Fsp3) is 0.0714. The zero-order chi connectivity index (χ0) is 14.1. The van der Waals surface area contributed by atoms with E-state index in [1.54, 1.807) is 18.2 Å². The van der Waals surface area contributed by atoms with E-state index in [2.05, 4.69) is 15.3 Å². The first-order valence-corrected chi connectivity index (χ1v) is 6.43. The lowest BCUT2D eigenvalue weighted by atomic mass is 10.2. The monoisotopic (exact) mass is 289 g/mol. The fourth-order valence-electron chi connectivity index (χ4n) is 2.01. The highest BCUT2D eigenvalue weighted by molar-refractivity contribution is 6.32. The summed E-state index contributed by atoms with van der Waals surface area (Å²) in [6.07, 6.45) is 0. The number of hydrogen-bond acceptors (Lipinski definition) is 3. The van der Waals surface area contributed by atoms with Gasteiger partial charge in [0, 0.05) is 12.2 Å². The Morgan fingerprint density at radius 1 is 1.10 bits per heavy atom. The Kier molecular flexibility index (Phi) is 3.12. The van der Waals surface area contributed by atoms with E-state index >= 15 is 0 Å². The van der Waals surface area contributed by atoms with E-state index in [4.69, 9.17) is 11.6 Å². The van der Waals surface area contributed by atoms with Crippen molar-refractivity contribution in [2.75, 3.05) is 5.32 Å². The molecule has 0 radical (unpaired) electrons. The molecule has 102 valence electrons. The summed E-state index contributed by atoms with van der Waals surface area (Å²) in [5, 5.41) is 12.9. The standard InChI is InChI=1S/C14H12ClN3O2/c15-10-5-8(1-4-13(10)19)7-16-9-2-3-11-12(6-9)18-14(20)17-11/h1-6,16,19H,7H2,(H2,17,18,20). The maximum Gasteiger partial charge on any atom is 0.323 e. The summed E-state index contributed by atoms with van der Waals surface area (Å²) in [6, 6.07) is 10.6. The molecule has 0 bridgehead atoms. The number of aromatic hydroxyl groups is 1. The molecule has 0 amide bonds. The van der Waals surface area contributed by atoms with Crippen LogP contribution in [0.4, 0.5) is 5.69 Å². The number of hydrogen-bond donors (Lipinski definition) is 4. The minimum atomic E-state index is -0.220. The quantitative estimate of drug-likeness (QED) is 0.598. The minimum Gasteiger partial charge on any atom is -0.506 e. The molecular weight excluding hydrogens is 278 g/mol. The van der Waals surface area contributed by atoms with E-state index in [9.17, 15) is 9.90 Å². The molecule has 3 rings (SSSR count). The summed E-state index contributed by atoms with van der Waals surface area (Å²) in [5.41, 5.74) is 3.15. The van der Waals surface area contributed by atoms with Crippen molar-refractivity contribution in [1.29, 1.82) is 0 Å². The maximum atomic E-state index is 11.2. The first kappa shape index (κ1) is 12.6. The number of aromatic nitrogens is 2. The number of phenolic OH excluding ortho intramolecular Hbond substituents is 1. The summed E-state index contributed by atoms with van der Waals surface area (Å²) < 4.78 is 0. The van der Waals surface area contributed by atoms with Gasteiger partial charge >= 0.3 is 5.69 Å². The predicted octanol–water partition coefficient (Wildman–Crippen LogP) is 2.83. The molecule has 0 aliphatic heterocycles. The molecule has 0 saturated carbocycles. The summed E-state index contributed by atoms with van der Waals surface area (Å²) in [4.78, 5) is 16.6. The van der Waals surface area contributed by atoms with Crippen LogP contribution >= 0.6 is 11.6 Å². The Hall–Kier alpha value is -2.40. The zero-order valence-corrected chi connectivity index (χ0v) is 11.2. The van der Waals surface area contributed by atoms with Gasteiger partial charge in [0.2, 0.25) is 0 Å². The van der Waals surface area contributed by atoms with Gasteiger partial charge in [-0.05, 0) is 35.9 Å². The van der Waals surface area contributed by atoms with Gasteiger partial charge in [0.15, 0.2) is 0 Å². The summed E-state index contributed by atoms with van der Waals surface area (Å²) in [7, 11) is 0. The van der Waals surface area contributed by atoms with Crippen molar-refractivity contribution in [2.24, 2.45) is 0 Å². The summed E-state index contributed by atoms with van der Waals surface area (Å²) in [6.45, 7) is 0.570. The number of anilines is 1. The molecule has 2 aromatic carbocycles. The van der Waals surface area contributed by atoms with Crippen molar-refractivity contribution in [2.45, 2.75) is 6.54 Å². The molecule has 0 aliphatic rings. The second kappa shape index (κ2) is 4.94. The number of aromatic amines is 2. The van der Waals surface area contributed by atoms with E-state index in [1.807, 2.05) is 18.2 Å². The van der Waals surface area contributed by atoms with Crippen LogP contribution in [0.25, 0.3) is 11.0 Å². The molecule has 4 N–H and O–H groups in total. The molecule has 0 spiro atoms. The Balaban J connectivity index is 1.78. The van der Waals surface area contributed by atoms with Crippen LogP contribution in [0.1, 0.15) is 5.56 Å². The number of nitrogens with one attached hydrogen (secondary N) is 3. The largest absolute Gasteiger partial charge is 0.506 e. The van der Waals surface area contributed by atoms with Crippen molar-refractivity contribution < 1.29 is 5.11 Å². The molecule has 1 heterocycles. The maximum absolute atomic E-state index is 11.2. The number of imidazole rings is 1. The van der Waals surface area contributed by atoms with Gasteiger partial charge in [-0.25, -0.2) is 4.79 Å². The molecular formula is C14H12ClN3O2. The Labute approximate surface area is 119 Å². The van der Waals surface area contributed by atoms with Gasteiger partial charge in [0.25, 0.3) is 0 Å². The Bertz CT molecular complexity index is 823. The van der Waals surface area contributed by atoms with Crippen molar-refractivity contribution >= 4 is 28.3 Å². The van der Waals surface area contributed by atoms with Gasteiger partial charge in [-0.3, -0.25) is 0 Å². The molecule has 1 aromatic heterocycles. The predicted molar refractivity (Wildman–Crippen MR) is 79.4 cm³/mol. The molecule has 0 aliphatic carbocycles. The third kappa shape index (κ3) is 2.48. The highest BCUT2D eigenvalue weighted by Gasteiger charge is 2.02. The van der Waals surface area contributed by atoms with Crippen LogP contribution in [-0.4, -0.2) is 15.1 Å². The highest BCUT2D eigenvalue weighted by Crippen LogP contribution is 2.24. The molecule has 20 heavy (non-hydrogen) atoms. The van der Waals surface area contributed by atoms with Crippen LogP contribution in [0, 0.1) is 0 Å². The fourth-order valence-corrected chi connectivity index (χ4v) is 2.21. The first-order valence-electron chi connectivity index (χ1n) is 6.05. The number of rotatable bonds is 3.